The molecule has 0 amide bonds. The third-order valence-corrected chi connectivity index (χ3v) is 17.7. The van der Waals surface area contributed by atoms with Crippen molar-refractivity contribution in [2.24, 2.45) is 0 Å². The van der Waals surface area contributed by atoms with E-state index >= 15 is 0 Å². The van der Waals surface area contributed by atoms with Crippen LogP contribution in [0.15, 0.2) is 188 Å². The molecule has 2 aliphatic heterocycles. The van der Waals surface area contributed by atoms with E-state index in [1.165, 1.54) is 84.5 Å². The van der Waals surface area contributed by atoms with Crippen molar-refractivity contribution < 1.29 is 24.5 Å². The van der Waals surface area contributed by atoms with Crippen molar-refractivity contribution in [3.63, 3.8) is 0 Å². The number of nitrogens with zero attached hydrogens (tertiary/aromatic N) is 5. The second-order valence-corrected chi connectivity index (χ2v) is 27.7. The molecular weight excluding hydrogens is 1230 g/mol. The maximum Gasteiger partial charge on any atom is 0.252 e. The molecule has 8 heteroatoms. The zero-order valence-electron chi connectivity index (χ0n) is 51.9. The molecule has 3 aromatic heterocycles. The number of pyridine rings is 2. The molecule has 5 heterocycles. The fraction of sp³-hybridized carbons (Fsp3) is 0.231. The molecule has 86 heavy (non-hydrogen) atoms. The monoisotopic (exact) mass is 1300 g/mol. The summed E-state index contributed by atoms with van der Waals surface area (Å²) in [7, 11) is 0. The molecule has 0 saturated carbocycles. The van der Waals surface area contributed by atoms with E-state index in [1.54, 1.807) is 6.07 Å². The zero-order chi connectivity index (χ0) is 59.6. The molecule has 431 valence electrons. The van der Waals surface area contributed by atoms with Crippen LogP contribution in [-0.4, -0.2) is 21.1 Å². The third kappa shape index (κ3) is 10.1. The van der Waals surface area contributed by atoms with Gasteiger partial charge in [-0.2, -0.15) is 0 Å². The first-order valence-electron chi connectivity index (χ1n) is 29.9. The van der Waals surface area contributed by atoms with Gasteiger partial charge in [-0.25, -0.2) is 0 Å². The van der Waals surface area contributed by atoms with Gasteiger partial charge >= 0.3 is 0 Å². The second kappa shape index (κ2) is 21.4. The smallest absolute Gasteiger partial charge is 0.252 e. The van der Waals surface area contributed by atoms with E-state index in [9.17, 15) is 4.39 Å². The first-order chi connectivity index (χ1) is 40.4. The van der Waals surface area contributed by atoms with Crippen LogP contribution in [0.3, 0.4) is 0 Å². The number of anilines is 6. The van der Waals surface area contributed by atoms with E-state index in [0.29, 0.717) is 0 Å². The molecule has 0 spiro atoms. The normalized spacial score (nSPS) is 13.1. The summed E-state index contributed by atoms with van der Waals surface area (Å²) in [6, 6.07) is 72.9. The van der Waals surface area contributed by atoms with Gasteiger partial charge in [0.1, 0.15) is 0 Å². The number of para-hydroxylation sites is 2. The van der Waals surface area contributed by atoms with Crippen molar-refractivity contribution in [2.75, 3.05) is 9.80 Å². The van der Waals surface area contributed by atoms with Crippen LogP contribution < -0.4 is 26.2 Å². The summed E-state index contributed by atoms with van der Waals surface area (Å²) in [5, 5.41) is 3.38. The molecule has 0 N–H and O–H groups in total. The summed E-state index contributed by atoms with van der Waals surface area (Å²) < 4.78 is 15.1. The van der Waals surface area contributed by atoms with Crippen molar-refractivity contribution in [1.82, 2.24) is 14.4 Å². The molecule has 1 radical (unpaired) electrons. The van der Waals surface area contributed by atoms with Gasteiger partial charge in [-0.15, -0.1) is 59.5 Å². The van der Waals surface area contributed by atoms with E-state index in [2.05, 4.69) is 266 Å². The summed E-state index contributed by atoms with van der Waals surface area (Å²) in [5.41, 5.74) is 26.7. The Kier molecular flexibility index (Phi) is 14.5. The van der Waals surface area contributed by atoms with Gasteiger partial charge in [0.05, 0.1) is 16.7 Å². The molecule has 0 atom stereocenters. The van der Waals surface area contributed by atoms with Crippen LogP contribution in [0, 0.1) is 31.8 Å². The topological polar surface area (TPSA) is 36.7 Å². The van der Waals surface area contributed by atoms with Crippen LogP contribution in [0.25, 0.3) is 60.7 Å². The van der Waals surface area contributed by atoms with E-state index < -0.39 is 0 Å². The Morgan fingerprint density at radius 2 is 1.05 bits per heavy atom. The van der Waals surface area contributed by atoms with Crippen molar-refractivity contribution in [2.45, 2.75) is 119 Å². The van der Waals surface area contributed by atoms with Crippen LogP contribution >= 0.6 is 0 Å². The minimum atomic E-state index is -0.275. The Morgan fingerprint density at radius 1 is 0.500 bits per heavy atom. The maximum atomic E-state index is 12.7. The number of rotatable bonds is 4. The van der Waals surface area contributed by atoms with Crippen molar-refractivity contribution in [3.8, 4) is 22.4 Å². The molecule has 12 aromatic rings. The van der Waals surface area contributed by atoms with E-state index in [-0.39, 0.29) is 54.3 Å². The molecule has 0 aliphatic carbocycles. The van der Waals surface area contributed by atoms with Gasteiger partial charge in [-0.05, 0) is 157 Å². The van der Waals surface area contributed by atoms with Gasteiger partial charge in [0.15, 0.2) is 0 Å². The fourth-order valence-corrected chi connectivity index (χ4v) is 12.7. The second-order valence-electron chi connectivity index (χ2n) is 27.7. The molecular formula is C78H73BFIrN5-2. The Morgan fingerprint density at radius 3 is 1.58 bits per heavy atom. The van der Waals surface area contributed by atoms with Gasteiger partial charge in [0.25, 0.3) is 6.71 Å². The quantitative estimate of drug-likeness (QED) is 0.1000. The zero-order valence-corrected chi connectivity index (χ0v) is 54.3. The molecule has 0 fully saturated rings. The van der Waals surface area contributed by atoms with Crippen LogP contribution in [-0.2, 0) is 41.8 Å². The Balaban J connectivity index is 0.000000395. The molecule has 0 unspecified atom stereocenters. The summed E-state index contributed by atoms with van der Waals surface area (Å²) in [6.45, 7) is 31.9. The maximum absolute atomic E-state index is 12.7. The van der Waals surface area contributed by atoms with E-state index in [0.717, 1.165) is 72.3 Å². The number of hydrogen-bond acceptors (Lipinski definition) is 4. The third-order valence-electron chi connectivity index (χ3n) is 17.7. The predicted molar refractivity (Wildman–Crippen MR) is 359 cm³/mol. The Labute approximate surface area is 521 Å². The molecule has 5 nitrogen and oxygen atoms in total. The number of imidazole rings is 1. The number of fused-ring (bicyclic) bond motifs is 12. The number of hydrogen-bond donors (Lipinski definition) is 0. The summed E-state index contributed by atoms with van der Waals surface area (Å²) in [4.78, 5) is 14.9. The minimum absolute atomic E-state index is 0. The largest absolute Gasteiger partial charge is 0.333 e. The molecule has 0 bridgehead atoms. The number of halogens is 1. The Bertz CT molecular complexity index is 4460. The SMILES string of the molecule is CC(C)(C)c1ccc(N2c3ccc(C(C)(C)C)cc3B3c4cc(C(C)(C)C)ccc4N(c4ccc(C(C)(C)C)cc4)c4cc(-c5cccc6nc7c8[c-]cccc8c8ccccc8n7c56)cc2c43)cc1.Cc1cnc(-c2[c-]cc(F)cc2)cc1C.[Ir]. The number of benzene rings is 9. The first-order valence-corrected chi connectivity index (χ1v) is 29.9. The average Bonchev–Trinajstić information content (AvgIpc) is 0.892. The van der Waals surface area contributed by atoms with Crippen LogP contribution in [0.4, 0.5) is 38.5 Å². The Hall–Kier alpha value is -8.16. The number of aromatic nitrogens is 3. The first kappa shape index (κ1) is 58.2. The number of aryl methyl sites for hydroxylation is 2. The van der Waals surface area contributed by atoms with Gasteiger partial charge in [0.2, 0.25) is 0 Å². The van der Waals surface area contributed by atoms with Gasteiger partial charge in [-0.3, -0.25) is 9.37 Å². The van der Waals surface area contributed by atoms with Crippen molar-refractivity contribution in [3.05, 3.63) is 240 Å². The standard InChI is InChI=1S/C65H62BN4.C13H11FN.Ir/c1-62(2,3)41-24-30-45(31-25-41)68-55-34-28-43(64(7,8)9)38-51(55)66-52-39-44(65(10,11)12)29-35-56(52)69(46-32-26-42(27-33-46)63(4,5)6)58-37-40(36-57(68)59(58)66)47-21-17-22-53-60(47)70-54-23-16-15-19-49(54)48-18-13-14-20-50(48)61(70)67-53;1-9-7-13(15-8-10(9)2)11-3-5-12(14)6-4-11;/h13-19,21-39H,1-12H3;3,5-8H,1-2H3;/q2*-1;. The fourth-order valence-electron chi connectivity index (χ4n) is 12.7. The molecule has 14 rings (SSSR count). The average molecular weight is 1300 g/mol. The van der Waals surface area contributed by atoms with Crippen LogP contribution in [0.1, 0.15) is 116 Å². The van der Waals surface area contributed by atoms with Crippen molar-refractivity contribution in [1.29, 1.82) is 0 Å². The summed E-state index contributed by atoms with van der Waals surface area (Å²) in [6.07, 6.45) is 1.82. The van der Waals surface area contributed by atoms with Crippen molar-refractivity contribution >= 4 is 95.6 Å². The van der Waals surface area contributed by atoms with Crippen LogP contribution in [0.2, 0.25) is 0 Å². The molecule has 0 saturated heterocycles. The molecule has 9 aromatic carbocycles. The van der Waals surface area contributed by atoms with Gasteiger partial charge < -0.3 is 19.2 Å². The summed E-state index contributed by atoms with van der Waals surface area (Å²) in [5.74, 6) is -0.275. The van der Waals surface area contributed by atoms with E-state index in [1.807, 2.05) is 32.2 Å². The van der Waals surface area contributed by atoms with Gasteiger partial charge in [-0.1, -0.05) is 179 Å². The predicted octanol–water partition coefficient (Wildman–Crippen LogP) is 18.8. The van der Waals surface area contributed by atoms with Crippen LogP contribution in [0.5, 0.6) is 0 Å². The minimum Gasteiger partial charge on any atom is -0.333 e. The molecule has 2 aliphatic rings. The van der Waals surface area contributed by atoms with Gasteiger partial charge in [0, 0.05) is 77.3 Å². The summed E-state index contributed by atoms with van der Waals surface area (Å²) >= 11 is 0. The van der Waals surface area contributed by atoms with E-state index in [4.69, 9.17) is 4.98 Å².